The summed E-state index contributed by atoms with van der Waals surface area (Å²) in [6.07, 6.45) is 3.21. The molecule has 24 heavy (non-hydrogen) atoms. The fourth-order valence-electron chi connectivity index (χ4n) is 2.93. The summed E-state index contributed by atoms with van der Waals surface area (Å²) in [5.74, 6) is -1.43. The molecule has 1 unspecified atom stereocenters. The van der Waals surface area contributed by atoms with Gasteiger partial charge in [-0.1, -0.05) is 11.6 Å². The van der Waals surface area contributed by atoms with E-state index in [-0.39, 0.29) is 6.42 Å². The van der Waals surface area contributed by atoms with Crippen molar-refractivity contribution in [2.75, 3.05) is 0 Å². The minimum Gasteiger partial charge on any atom is -0.481 e. The van der Waals surface area contributed by atoms with Crippen LogP contribution >= 0.6 is 11.6 Å². The molecule has 6 nitrogen and oxygen atoms in total. The van der Waals surface area contributed by atoms with Gasteiger partial charge in [-0.3, -0.25) is 4.79 Å². The molecule has 0 saturated carbocycles. The van der Waals surface area contributed by atoms with E-state index in [1.165, 1.54) is 0 Å². The molecule has 1 fully saturated rings. The molecule has 1 aliphatic rings. The summed E-state index contributed by atoms with van der Waals surface area (Å²) in [7, 11) is -0.679. The lowest BCUT2D eigenvalue weighted by molar-refractivity contribution is -0.137. The van der Waals surface area contributed by atoms with E-state index in [0.29, 0.717) is 16.1 Å². The first-order valence-electron chi connectivity index (χ1n) is 7.81. The largest absolute Gasteiger partial charge is 0.481 e. The Labute approximate surface area is 145 Å². The number of H-pyrrole nitrogens is 1. The maximum Gasteiger partial charge on any atom is 0.466 e. The van der Waals surface area contributed by atoms with Crippen LogP contribution in [0, 0.1) is 0 Å². The Morgan fingerprint density at radius 3 is 2.58 bits per heavy atom. The van der Waals surface area contributed by atoms with Crippen LogP contribution in [0.4, 0.5) is 0 Å². The molecule has 1 saturated heterocycles. The number of carbonyl (C=O) groups is 1. The molecule has 128 valence electrons. The zero-order chi connectivity index (χ0) is 17.7. The molecule has 1 aliphatic heterocycles. The molecule has 0 radical (unpaired) electrons. The van der Waals surface area contributed by atoms with E-state index in [4.69, 9.17) is 20.9 Å². The minimum absolute atomic E-state index is 0.130. The molecule has 0 amide bonds. The second-order valence-electron chi connectivity index (χ2n) is 7.09. The number of halogens is 1. The molecule has 2 aromatic rings. The summed E-state index contributed by atoms with van der Waals surface area (Å²) >= 11 is 6.31. The van der Waals surface area contributed by atoms with Crippen LogP contribution in [0.25, 0.3) is 11.0 Å². The van der Waals surface area contributed by atoms with Gasteiger partial charge in [-0.05, 0) is 39.3 Å². The number of aromatic amines is 1. The molecule has 0 aliphatic carbocycles. The van der Waals surface area contributed by atoms with Gasteiger partial charge in [0.2, 0.25) is 0 Å². The van der Waals surface area contributed by atoms with Crippen LogP contribution in [0.5, 0.6) is 0 Å². The Morgan fingerprint density at radius 1 is 1.38 bits per heavy atom. The fraction of sp³-hybridized carbons (Fsp3) is 0.500. The highest BCUT2D eigenvalue weighted by Gasteiger charge is 2.54. The zero-order valence-electron chi connectivity index (χ0n) is 14.1. The zero-order valence-corrected chi connectivity index (χ0v) is 14.8. The topological polar surface area (TPSA) is 84.4 Å². The van der Waals surface area contributed by atoms with Crippen molar-refractivity contribution in [3.8, 4) is 0 Å². The van der Waals surface area contributed by atoms with E-state index in [1.54, 1.807) is 18.5 Å². The van der Waals surface area contributed by atoms with Gasteiger partial charge in [0.1, 0.15) is 5.65 Å². The van der Waals surface area contributed by atoms with Crippen LogP contribution in [0.2, 0.25) is 5.02 Å². The molecule has 1 atom stereocenters. The van der Waals surface area contributed by atoms with Crippen LogP contribution in [0.3, 0.4) is 0 Å². The molecule has 0 spiro atoms. The van der Waals surface area contributed by atoms with Crippen LogP contribution in [0.1, 0.15) is 45.5 Å². The predicted molar refractivity (Wildman–Crippen MR) is 92.2 cm³/mol. The van der Waals surface area contributed by atoms with Crippen molar-refractivity contribution in [2.45, 2.75) is 51.1 Å². The third-order valence-electron chi connectivity index (χ3n) is 4.95. The Balaban J connectivity index is 2.06. The van der Waals surface area contributed by atoms with Crippen molar-refractivity contribution in [1.29, 1.82) is 0 Å². The second-order valence-corrected chi connectivity index (χ2v) is 7.50. The van der Waals surface area contributed by atoms with Gasteiger partial charge in [-0.15, -0.1) is 0 Å². The van der Waals surface area contributed by atoms with Crippen molar-refractivity contribution >= 4 is 35.7 Å². The lowest BCUT2D eigenvalue weighted by Gasteiger charge is -2.32. The van der Waals surface area contributed by atoms with Crippen molar-refractivity contribution in [2.24, 2.45) is 0 Å². The number of aromatic nitrogens is 2. The highest BCUT2D eigenvalue weighted by molar-refractivity contribution is 6.48. The lowest BCUT2D eigenvalue weighted by Crippen LogP contribution is -2.41. The first-order chi connectivity index (χ1) is 11.1. The predicted octanol–water partition coefficient (Wildman–Crippen LogP) is 3.41. The van der Waals surface area contributed by atoms with Gasteiger partial charge in [0.25, 0.3) is 0 Å². The number of carboxylic acid groups (broad SMARTS) is 1. The van der Waals surface area contributed by atoms with Crippen molar-refractivity contribution in [3.63, 3.8) is 0 Å². The second kappa shape index (κ2) is 5.76. The number of nitrogens with one attached hydrogen (secondary N) is 1. The Morgan fingerprint density at radius 2 is 2.00 bits per heavy atom. The molecule has 8 heteroatoms. The first kappa shape index (κ1) is 17.3. The van der Waals surface area contributed by atoms with Gasteiger partial charge in [0.05, 0.1) is 22.6 Å². The van der Waals surface area contributed by atoms with Crippen LogP contribution < -0.4 is 0 Å². The van der Waals surface area contributed by atoms with E-state index in [9.17, 15) is 9.90 Å². The normalized spacial score (nSPS) is 20.5. The van der Waals surface area contributed by atoms with Crippen LogP contribution in [-0.4, -0.2) is 39.4 Å². The summed E-state index contributed by atoms with van der Waals surface area (Å²) in [5, 5.41) is 10.6. The SMILES string of the molecule is CC1(C)OB(C(CC(=O)O)c2c[nH]c3nccc(Cl)c23)OC1(C)C. The van der Waals surface area contributed by atoms with Gasteiger partial charge < -0.3 is 19.4 Å². The summed E-state index contributed by atoms with van der Waals surface area (Å²) in [6.45, 7) is 7.76. The van der Waals surface area contributed by atoms with Gasteiger partial charge in [-0.2, -0.15) is 0 Å². The molecule has 3 heterocycles. The fourth-order valence-corrected chi connectivity index (χ4v) is 3.18. The van der Waals surface area contributed by atoms with E-state index in [1.807, 2.05) is 27.7 Å². The summed E-state index contributed by atoms with van der Waals surface area (Å²) in [6, 6.07) is 1.68. The van der Waals surface area contributed by atoms with Gasteiger partial charge in [0, 0.05) is 23.6 Å². The number of hydrogen-bond acceptors (Lipinski definition) is 4. The highest BCUT2D eigenvalue weighted by atomic mass is 35.5. The first-order valence-corrected chi connectivity index (χ1v) is 8.19. The van der Waals surface area contributed by atoms with Crippen LogP contribution in [0.15, 0.2) is 18.5 Å². The number of nitrogens with zero attached hydrogens (tertiary/aromatic N) is 1. The Hall–Kier alpha value is -1.57. The lowest BCUT2D eigenvalue weighted by atomic mass is 9.66. The minimum atomic E-state index is -0.927. The average Bonchev–Trinajstić information content (AvgIpc) is 2.96. The summed E-state index contributed by atoms with van der Waals surface area (Å²) in [4.78, 5) is 18.7. The Bertz CT molecular complexity index is 773. The van der Waals surface area contributed by atoms with Gasteiger partial charge in [0.15, 0.2) is 0 Å². The maximum atomic E-state index is 11.4. The maximum absolute atomic E-state index is 11.4. The molecule has 2 N–H and O–H groups in total. The molecule has 0 bridgehead atoms. The van der Waals surface area contributed by atoms with E-state index < -0.39 is 30.1 Å². The standard InChI is InChI=1S/C16H20BClN2O4/c1-15(2)16(3,4)24-17(23-15)10(7-12(21)22)9-8-20-14-13(9)11(18)5-6-19-14/h5-6,8,10H,7H2,1-4H3,(H,19,20)(H,21,22). The van der Waals surface area contributed by atoms with E-state index in [2.05, 4.69) is 9.97 Å². The van der Waals surface area contributed by atoms with E-state index in [0.717, 1.165) is 5.56 Å². The number of aliphatic carboxylic acids is 1. The Kier molecular flexibility index (Phi) is 4.14. The number of fused-ring (bicyclic) bond motifs is 1. The monoisotopic (exact) mass is 350 g/mol. The van der Waals surface area contributed by atoms with Gasteiger partial charge in [-0.25, -0.2) is 4.98 Å². The van der Waals surface area contributed by atoms with Gasteiger partial charge >= 0.3 is 13.1 Å². The molecule has 3 rings (SSSR count). The molecular weight excluding hydrogens is 330 g/mol. The molecular formula is C16H20BClN2O4. The smallest absolute Gasteiger partial charge is 0.466 e. The third kappa shape index (κ3) is 2.81. The quantitative estimate of drug-likeness (QED) is 0.826. The van der Waals surface area contributed by atoms with Crippen LogP contribution in [-0.2, 0) is 14.1 Å². The number of pyridine rings is 1. The van der Waals surface area contributed by atoms with Crippen molar-refractivity contribution in [1.82, 2.24) is 9.97 Å². The van der Waals surface area contributed by atoms with Crippen molar-refractivity contribution in [3.05, 3.63) is 29.0 Å². The highest BCUT2D eigenvalue weighted by Crippen LogP contribution is 2.43. The van der Waals surface area contributed by atoms with E-state index >= 15 is 0 Å². The number of hydrogen-bond donors (Lipinski definition) is 2. The number of carboxylic acids is 1. The summed E-state index contributed by atoms with van der Waals surface area (Å²) in [5.41, 5.74) is 0.277. The third-order valence-corrected chi connectivity index (χ3v) is 5.26. The van der Waals surface area contributed by atoms with Crippen molar-refractivity contribution < 1.29 is 19.2 Å². The molecule has 2 aromatic heterocycles. The molecule has 0 aromatic carbocycles. The number of rotatable bonds is 4. The summed E-state index contributed by atoms with van der Waals surface area (Å²) < 4.78 is 12.2. The average molecular weight is 351 g/mol.